The minimum absolute atomic E-state index is 0.313. The molecule has 10 nitrogen and oxygen atoms in total. The first-order valence-electron chi connectivity index (χ1n) is 10.4. The van der Waals surface area contributed by atoms with Crippen LogP contribution in [0, 0.1) is 0 Å². The van der Waals surface area contributed by atoms with Crippen molar-refractivity contribution in [1.82, 2.24) is 40.4 Å². The van der Waals surface area contributed by atoms with Crippen molar-refractivity contribution >= 4 is 19.2 Å². The number of aromatic amines is 1. The SMILES string of the molecule is B(c1nnc(-c2cnc(NC3Cc4ccccc4C3)nc2)o1)N1CCc2[nH]nnc2C1. The Morgan fingerprint density at radius 3 is 2.68 bits per heavy atom. The molecule has 0 saturated carbocycles. The van der Waals surface area contributed by atoms with Crippen molar-refractivity contribution in [3.8, 4) is 11.5 Å². The van der Waals surface area contributed by atoms with Gasteiger partial charge >= 0.3 is 7.41 Å². The Morgan fingerprint density at radius 2 is 1.87 bits per heavy atom. The van der Waals surface area contributed by atoms with E-state index in [1.807, 2.05) is 0 Å². The molecule has 0 radical (unpaired) electrons. The third kappa shape index (κ3) is 3.68. The normalized spacial score (nSPS) is 16.1. The van der Waals surface area contributed by atoms with Gasteiger partial charge in [-0.25, -0.2) is 9.97 Å². The summed E-state index contributed by atoms with van der Waals surface area (Å²) in [6.45, 7) is 1.61. The van der Waals surface area contributed by atoms with Crippen LogP contribution in [0.1, 0.15) is 22.5 Å². The summed E-state index contributed by atoms with van der Waals surface area (Å²) < 4.78 is 5.85. The van der Waals surface area contributed by atoms with Gasteiger partial charge in [0.2, 0.25) is 11.8 Å². The maximum absolute atomic E-state index is 5.85. The molecule has 4 aromatic rings. The lowest BCUT2D eigenvalue weighted by molar-refractivity contribution is 0.409. The molecule has 31 heavy (non-hydrogen) atoms. The summed E-state index contributed by atoms with van der Waals surface area (Å²) >= 11 is 0. The highest BCUT2D eigenvalue weighted by atomic mass is 16.4. The lowest BCUT2D eigenvalue weighted by Crippen LogP contribution is -2.40. The Balaban J connectivity index is 1.09. The van der Waals surface area contributed by atoms with Gasteiger partial charge in [-0.1, -0.05) is 29.5 Å². The molecule has 0 amide bonds. The summed E-state index contributed by atoms with van der Waals surface area (Å²) in [5, 5.41) is 22.7. The van der Waals surface area contributed by atoms with Crippen LogP contribution < -0.4 is 11.1 Å². The molecule has 0 saturated heterocycles. The Bertz CT molecular complexity index is 1180. The van der Waals surface area contributed by atoms with E-state index in [0.29, 0.717) is 36.6 Å². The zero-order valence-corrected chi connectivity index (χ0v) is 16.8. The molecule has 2 aliphatic rings. The molecule has 0 unspecified atom stereocenters. The van der Waals surface area contributed by atoms with Gasteiger partial charge in [0.1, 0.15) is 0 Å². The van der Waals surface area contributed by atoms with E-state index in [0.717, 1.165) is 43.7 Å². The average Bonchev–Trinajstić information content (AvgIpc) is 3.53. The zero-order chi connectivity index (χ0) is 20.6. The third-order valence-electron chi connectivity index (χ3n) is 5.86. The van der Waals surface area contributed by atoms with Gasteiger partial charge in [0.25, 0.3) is 0 Å². The highest BCUT2D eigenvalue weighted by Gasteiger charge is 2.23. The number of rotatable bonds is 5. The van der Waals surface area contributed by atoms with E-state index in [4.69, 9.17) is 4.42 Å². The number of benzene rings is 1. The fourth-order valence-corrected chi connectivity index (χ4v) is 4.28. The van der Waals surface area contributed by atoms with Gasteiger partial charge in [-0.2, -0.15) is 0 Å². The minimum Gasteiger partial charge on any atom is -0.429 e. The van der Waals surface area contributed by atoms with Crippen LogP contribution >= 0.6 is 0 Å². The standard InChI is InChI=1S/C20H20BN9O/c1-2-4-13-8-15(7-12(13)3-1)24-20-22-9-14(10-23-20)18-27-28-19(31-18)21-30-6-5-16-17(11-30)26-29-25-16/h1-4,9-10,15,21H,5-8,11H2,(H,22,23,24)(H,25,26,29). The second kappa shape index (κ2) is 7.58. The van der Waals surface area contributed by atoms with E-state index in [-0.39, 0.29) is 0 Å². The highest BCUT2D eigenvalue weighted by molar-refractivity contribution is 6.47. The van der Waals surface area contributed by atoms with Crippen LogP contribution in [0.25, 0.3) is 11.5 Å². The molecule has 0 fully saturated rings. The average molecular weight is 413 g/mol. The maximum Gasteiger partial charge on any atom is 0.313 e. The molecular formula is C20H20BN9O. The number of hydrogen-bond donors (Lipinski definition) is 2. The number of anilines is 1. The van der Waals surface area contributed by atoms with Gasteiger partial charge < -0.3 is 14.5 Å². The van der Waals surface area contributed by atoms with Crippen LogP contribution in [-0.4, -0.2) is 60.4 Å². The van der Waals surface area contributed by atoms with E-state index in [2.05, 4.69) is 70.0 Å². The largest absolute Gasteiger partial charge is 0.429 e. The maximum atomic E-state index is 5.85. The topological polar surface area (TPSA) is 122 Å². The number of nitrogens with one attached hydrogen (secondary N) is 2. The van der Waals surface area contributed by atoms with Gasteiger partial charge in [0, 0.05) is 31.4 Å². The van der Waals surface area contributed by atoms with Crippen molar-refractivity contribution in [2.45, 2.75) is 31.8 Å². The van der Waals surface area contributed by atoms with Gasteiger partial charge in [0.05, 0.1) is 17.0 Å². The van der Waals surface area contributed by atoms with Crippen molar-refractivity contribution in [3.05, 3.63) is 59.2 Å². The molecule has 0 spiro atoms. The molecule has 0 atom stereocenters. The van der Waals surface area contributed by atoms with Gasteiger partial charge in [-0.15, -0.1) is 15.3 Å². The molecule has 11 heteroatoms. The molecule has 2 N–H and O–H groups in total. The first-order valence-corrected chi connectivity index (χ1v) is 10.4. The monoisotopic (exact) mass is 413 g/mol. The molecule has 1 aromatic carbocycles. The van der Waals surface area contributed by atoms with E-state index >= 15 is 0 Å². The molecule has 6 rings (SSSR count). The first-order chi connectivity index (χ1) is 15.3. The van der Waals surface area contributed by atoms with Gasteiger partial charge in [0.15, 0.2) is 5.79 Å². The quantitative estimate of drug-likeness (QED) is 0.444. The molecule has 0 bridgehead atoms. The number of H-pyrrole nitrogens is 1. The van der Waals surface area contributed by atoms with Crippen LogP contribution in [0.4, 0.5) is 5.95 Å². The Kier molecular flexibility index (Phi) is 4.45. The zero-order valence-electron chi connectivity index (χ0n) is 16.8. The summed E-state index contributed by atoms with van der Waals surface area (Å²) in [4.78, 5) is 11.1. The fourth-order valence-electron chi connectivity index (χ4n) is 4.28. The second-order valence-electron chi connectivity index (χ2n) is 8.01. The Hall–Kier alpha value is -3.60. The predicted molar refractivity (Wildman–Crippen MR) is 114 cm³/mol. The Labute approximate surface area is 178 Å². The number of aromatic nitrogens is 7. The number of nitrogens with zero attached hydrogens (tertiary/aromatic N) is 7. The van der Waals surface area contributed by atoms with E-state index in [9.17, 15) is 0 Å². The molecular weight excluding hydrogens is 393 g/mol. The third-order valence-corrected chi connectivity index (χ3v) is 5.86. The Morgan fingerprint density at radius 1 is 1.06 bits per heavy atom. The molecule has 1 aliphatic heterocycles. The lowest BCUT2D eigenvalue weighted by Gasteiger charge is -2.23. The highest BCUT2D eigenvalue weighted by Crippen LogP contribution is 2.24. The van der Waals surface area contributed by atoms with Crippen LogP contribution in [0.3, 0.4) is 0 Å². The summed E-state index contributed by atoms with van der Waals surface area (Å²) in [7, 11) is 0.571. The summed E-state index contributed by atoms with van der Waals surface area (Å²) in [6, 6.07) is 8.85. The lowest BCUT2D eigenvalue weighted by atomic mass is 9.88. The second-order valence-corrected chi connectivity index (χ2v) is 8.01. The molecule has 1 aliphatic carbocycles. The smallest absolute Gasteiger partial charge is 0.313 e. The summed E-state index contributed by atoms with van der Waals surface area (Å²) in [6.07, 6.45) is 6.30. The number of fused-ring (bicyclic) bond motifs is 2. The van der Waals surface area contributed by atoms with Crippen molar-refractivity contribution in [1.29, 1.82) is 0 Å². The van der Waals surface area contributed by atoms with E-state index in [1.165, 1.54) is 11.1 Å². The number of hydrogen-bond acceptors (Lipinski definition) is 9. The fraction of sp³-hybridized carbons (Fsp3) is 0.300. The van der Waals surface area contributed by atoms with E-state index < -0.39 is 0 Å². The minimum atomic E-state index is 0.313. The first kappa shape index (κ1) is 18.2. The molecule has 154 valence electrons. The van der Waals surface area contributed by atoms with Crippen molar-refractivity contribution in [2.24, 2.45) is 0 Å². The van der Waals surface area contributed by atoms with Crippen LogP contribution in [0.5, 0.6) is 0 Å². The molecule has 4 heterocycles. The summed E-state index contributed by atoms with van der Waals surface area (Å²) in [5.41, 5.74) is 5.58. The van der Waals surface area contributed by atoms with Crippen molar-refractivity contribution in [2.75, 3.05) is 11.9 Å². The van der Waals surface area contributed by atoms with Crippen LogP contribution in [0.2, 0.25) is 0 Å². The van der Waals surface area contributed by atoms with Crippen LogP contribution in [0.15, 0.2) is 41.1 Å². The predicted octanol–water partition coefficient (Wildman–Crippen LogP) is 0.259. The van der Waals surface area contributed by atoms with Crippen molar-refractivity contribution in [3.63, 3.8) is 0 Å². The van der Waals surface area contributed by atoms with Crippen molar-refractivity contribution < 1.29 is 4.42 Å². The van der Waals surface area contributed by atoms with E-state index in [1.54, 1.807) is 12.4 Å². The summed E-state index contributed by atoms with van der Waals surface area (Å²) in [5.74, 6) is 1.60. The molecule has 3 aromatic heterocycles. The van der Waals surface area contributed by atoms with Crippen LogP contribution in [-0.2, 0) is 25.8 Å². The van der Waals surface area contributed by atoms with Gasteiger partial charge in [-0.05, 0) is 30.5 Å². The van der Waals surface area contributed by atoms with Gasteiger partial charge in [-0.3, -0.25) is 5.10 Å².